The van der Waals surface area contributed by atoms with Gasteiger partial charge in [0.2, 0.25) is 5.91 Å². The lowest BCUT2D eigenvalue weighted by atomic mass is 10.2. The maximum absolute atomic E-state index is 12.7. The summed E-state index contributed by atoms with van der Waals surface area (Å²) in [7, 11) is 0. The normalized spacial score (nSPS) is 11.4. The Morgan fingerprint density at radius 2 is 1.86 bits per heavy atom. The Morgan fingerprint density at radius 3 is 2.45 bits per heavy atom. The van der Waals surface area contributed by atoms with E-state index in [0.717, 1.165) is 18.6 Å². The second kappa shape index (κ2) is 8.76. The number of carbonyl (C=O) groups is 3. The zero-order valence-electron chi connectivity index (χ0n) is 12.5. The van der Waals surface area contributed by atoms with Gasteiger partial charge >= 0.3 is 5.97 Å². The molecule has 0 spiro atoms. The molecule has 0 aromatic heterocycles. The van der Waals surface area contributed by atoms with E-state index in [0.29, 0.717) is 6.54 Å². The fraction of sp³-hybridized carbons (Fsp3) is 0.400. The van der Waals surface area contributed by atoms with E-state index in [9.17, 15) is 18.8 Å². The van der Waals surface area contributed by atoms with Crippen molar-refractivity contribution in [1.82, 2.24) is 10.6 Å². The van der Waals surface area contributed by atoms with Crippen LogP contribution in [-0.2, 0) is 14.3 Å². The van der Waals surface area contributed by atoms with Crippen LogP contribution in [0.15, 0.2) is 24.3 Å². The molecular weight excluding hydrogens is 291 g/mol. The molecule has 0 aliphatic heterocycles. The first kappa shape index (κ1) is 17.6. The van der Waals surface area contributed by atoms with Crippen LogP contribution in [0.25, 0.3) is 0 Å². The van der Waals surface area contributed by atoms with Gasteiger partial charge in [0.15, 0.2) is 6.61 Å². The fourth-order valence-corrected chi connectivity index (χ4v) is 1.55. The van der Waals surface area contributed by atoms with E-state index in [1.165, 1.54) is 19.1 Å². The summed E-state index contributed by atoms with van der Waals surface area (Å²) in [5.41, 5.74) is 0.142. The summed E-state index contributed by atoms with van der Waals surface area (Å²) in [6.07, 6.45) is 0.793. The van der Waals surface area contributed by atoms with Crippen LogP contribution in [0.4, 0.5) is 4.39 Å². The molecule has 0 unspecified atom stereocenters. The highest BCUT2D eigenvalue weighted by Gasteiger charge is 2.16. The zero-order chi connectivity index (χ0) is 16.5. The summed E-state index contributed by atoms with van der Waals surface area (Å²) >= 11 is 0. The summed E-state index contributed by atoms with van der Waals surface area (Å²) in [6.45, 7) is 3.46. The highest BCUT2D eigenvalue weighted by molar-refractivity contribution is 5.92. The number of benzene rings is 1. The summed E-state index contributed by atoms with van der Waals surface area (Å²) in [5.74, 6) is -2.10. The SMILES string of the molecule is CCCNC(=O)[C@H](C)NC(=O)COC(=O)c1ccc(F)cc1. The molecule has 0 saturated carbocycles. The molecule has 2 N–H and O–H groups in total. The second-order valence-electron chi connectivity index (χ2n) is 4.66. The maximum Gasteiger partial charge on any atom is 0.338 e. The van der Waals surface area contributed by atoms with Crippen molar-refractivity contribution in [3.05, 3.63) is 35.6 Å². The Hall–Kier alpha value is -2.44. The van der Waals surface area contributed by atoms with Crippen molar-refractivity contribution in [3.8, 4) is 0 Å². The Bertz CT molecular complexity index is 531. The molecule has 0 saturated heterocycles. The number of esters is 1. The van der Waals surface area contributed by atoms with Gasteiger partial charge in [-0.25, -0.2) is 9.18 Å². The van der Waals surface area contributed by atoms with Crippen LogP contribution < -0.4 is 10.6 Å². The molecule has 1 rings (SSSR count). The molecule has 1 aromatic rings. The molecule has 7 heteroatoms. The smallest absolute Gasteiger partial charge is 0.338 e. The van der Waals surface area contributed by atoms with Crippen LogP contribution >= 0.6 is 0 Å². The lowest BCUT2D eigenvalue weighted by Crippen LogP contribution is -2.46. The Morgan fingerprint density at radius 1 is 1.23 bits per heavy atom. The topological polar surface area (TPSA) is 84.5 Å². The molecule has 0 fully saturated rings. The highest BCUT2D eigenvalue weighted by Crippen LogP contribution is 2.04. The Balaban J connectivity index is 2.37. The first-order valence-corrected chi connectivity index (χ1v) is 6.93. The number of carbonyl (C=O) groups excluding carboxylic acids is 3. The van der Waals surface area contributed by atoms with E-state index >= 15 is 0 Å². The van der Waals surface area contributed by atoms with Crippen molar-refractivity contribution < 1.29 is 23.5 Å². The second-order valence-corrected chi connectivity index (χ2v) is 4.66. The van der Waals surface area contributed by atoms with Crippen LogP contribution in [0, 0.1) is 5.82 Å². The van der Waals surface area contributed by atoms with E-state index < -0.39 is 30.3 Å². The minimum absolute atomic E-state index is 0.142. The van der Waals surface area contributed by atoms with E-state index in [-0.39, 0.29) is 11.5 Å². The predicted molar refractivity (Wildman–Crippen MR) is 77.6 cm³/mol. The third kappa shape index (κ3) is 5.90. The van der Waals surface area contributed by atoms with Crippen molar-refractivity contribution in [1.29, 1.82) is 0 Å². The van der Waals surface area contributed by atoms with Crippen molar-refractivity contribution in [3.63, 3.8) is 0 Å². The summed E-state index contributed by atoms with van der Waals surface area (Å²) in [4.78, 5) is 34.8. The van der Waals surface area contributed by atoms with Crippen LogP contribution in [0.5, 0.6) is 0 Å². The average molecular weight is 310 g/mol. The maximum atomic E-state index is 12.7. The van der Waals surface area contributed by atoms with Crippen molar-refractivity contribution in [2.75, 3.05) is 13.2 Å². The molecule has 1 atom stereocenters. The number of nitrogens with one attached hydrogen (secondary N) is 2. The number of amides is 2. The van der Waals surface area contributed by atoms with Gasteiger partial charge in [0.25, 0.3) is 5.91 Å². The minimum atomic E-state index is -0.738. The molecule has 0 heterocycles. The van der Waals surface area contributed by atoms with E-state index in [1.54, 1.807) is 0 Å². The molecule has 0 aliphatic rings. The molecule has 0 radical (unpaired) electrons. The van der Waals surface area contributed by atoms with Gasteiger partial charge in [-0.05, 0) is 37.6 Å². The first-order chi connectivity index (χ1) is 10.4. The van der Waals surface area contributed by atoms with Gasteiger partial charge in [0.1, 0.15) is 11.9 Å². The molecule has 1 aromatic carbocycles. The Labute approximate surface area is 128 Å². The predicted octanol–water partition coefficient (Wildman–Crippen LogP) is 1.01. The van der Waals surface area contributed by atoms with E-state index in [4.69, 9.17) is 4.74 Å². The standard InChI is InChI=1S/C15H19FN2O4/c1-3-8-17-14(20)10(2)18-13(19)9-22-15(21)11-4-6-12(16)7-5-11/h4-7,10H,3,8-9H2,1-2H3,(H,17,20)(H,18,19)/t10-/m0/s1. The number of halogens is 1. The van der Waals surface area contributed by atoms with Crippen molar-refractivity contribution in [2.45, 2.75) is 26.3 Å². The summed E-state index contributed by atoms with van der Waals surface area (Å²) in [6, 6.07) is 4.05. The molecule has 0 bridgehead atoms. The van der Waals surface area contributed by atoms with Crippen LogP contribution in [0.3, 0.4) is 0 Å². The lowest BCUT2D eigenvalue weighted by Gasteiger charge is -2.13. The monoisotopic (exact) mass is 310 g/mol. The van der Waals surface area contributed by atoms with Crippen LogP contribution in [-0.4, -0.2) is 37.0 Å². The molecular formula is C15H19FN2O4. The largest absolute Gasteiger partial charge is 0.452 e. The van der Waals surface area contributed by atoms with Gasteiger partial charge in [0, 0.05) is 6.54 Å². The molecule has 22 heavy (non-hydrogen) atoms. The van der Waals surface area contributed by atoms with Gasteiger partial charge in [0.05, 0.1) is 5.56 Å². The van der Waals surface area contributed by atoms with E-state index in [2.05, 4.69) is 10.6 Å². The van der Waals surface area contributed by atoms with Gasteiger partial charge in [-0.3, -0.25) is 9.59 Å². The zero-order valence-corrected chi connectivity index (χ0v) is 12.5. The van der Waals surface area contributed by atoms with Crippen LogP contribution in [0.2, 0.25) is 0 Å². The van der Waals surface area contributed by atoms with Gasteiger partial charge < -0.3 is 15.4 Å². The molecule has 120 valence electrons. The third-order valence-electron chi connectivity index (χ3n) is 2.73. The van der Waals surface area contributed by atoms with Gasteiger partial charge in [-0.1, -0.05) is 6.92 Å². The van der Waals surface area contributed by atoms with Crippen molar-refractivity contribution >= 4 is 17.8 Å². The summed E-state index contributed by atoms with van der Waals surface area (Å²) < 4.78 is 17.5. The quantitative estimate of drug-likeness (QED) is 0.736. The van der Waals surface area contributed by atoms with Crippen LogP contribution in [0.1, 0.15) is 30.6 Å². The fourth-order valence-electron chi connectivity index (χ4n) is 1.55. The van der Waals surface area contributed by atoms with Crippen molar-refractivity contribution in [2.24, 2.45) is 0 Å². The van der Waals surface area contributed by atoms with Gasteiger partial charge in [-0.2, -0.15) is 0 Å². The molecule has 2 amide bonds. The molecule has 6 nitrogen and oxygen atoms in total. The number of hydrogen-bond donors (Lipinski definition) is 2. The number of hydrogen-bond acceptors (Lipinski definition) is 4. The summed E-state index contributed by atoms with van der Waals surface area (Å²) in [5, 5.41) is 5.05. The van der Waals surface area contributed by atoms with E-state index in [1.807, 2.05) is 6.92 Å². The minimum Gasteiger partial charge on any atom is -0.452 e. The first-order valence-electron chi connectivity index (χ1n) is 6.93. The lowest BCUT2D eigenvalue weighted by molar-refractivity contribution is -0.130. The number of ether oxygens (including phenoxy) is 1. The highest BCUT2D eigenvalue weighted by atomic mass is 19.1. The number of rotatable bonds is 7. The molecule has 0 aliphatic carbocycles. The Kier molecular flexibility index (Phi) is 7.01. The average Bonchev–Trinajstić information content (AvgIpc) is 2.50. The third-order valence-corrected chi connectivity index (χ3v) is 2.73. The van der Waals surface area contributed by atoms with Gasteiger partial charge in [-0.15, -0.1) is 0 Å².